The van der Waals surface area contributed by atoms with Gasteiger partial charge < -0.3 is 11.1 Å². The highest BCUT2D eigenvalue weighted by Gasteiger charge is 2.10. The molecule has 0 radical (unpaired) electrons. The number of anilines is 2. The number of sulfonamides is 1. The second kappa shape index (κ2) is 5.37. The van der Waals surface area contributed by atoms with E-state index in [0.717, 1.165) is 12.8 Å². The average molecular weight is 257 g/mol. The lowest BCUT2D eigenvalue weighted by Gasteiger charge is -2.15. The number of rotatable bonds is 5. The Labute approximate surface area is 102 Å². The molecule has 0 aliphatic rings. The monoisotopic (exact) mass is 257 g/mol. The van der Waals surface area contributed by atoms with E-state index in [0.29, 0.717) is 11.4 Å². The third kappa shape index (κ3) is 4.24. The fourth-order valence-electron chi connectivity index (χ4n) is 1.66. The molecule has 96 valence electrons. The van der Waals surface area contributed by atoms with Crippen molar-refractivity contribution < 1.29 is 8.42 Å². The Morgan fingerprint density at radius 2 is 2.00 bits per heavy atom. The Kier molecular flexibility index (Phi) is 4.36. The first-order valence-corrected chi connectivity index (χ1v) is 7.07. The molecule has 0 saturated carbocycles. The Morgan fingerprint density at radius 3 is 2.53 bits per heavy atom. The van der Waals surface area contributed by atoms with Gasteiger partial charge in [0.15, 0.2) is 0 Å². The van der Waals surface area contributed by atoms with Gasteiger partial charge in [-0.15, -0.1) is 0 Å². The molecule has 0 aliphatic carbocycles. The van der Waals surface area contributed by atoms with Crippen molar-refractivity contribution in [2.75, 3.05) is 11.1 Å². The topological polar surface area (TPSA) is 98.2 Å². The third-order valence-corrected chi connectivity index (χ3v) is 3.28. The lowest BCUT2D eigenvalue weighted by Crippen LogP contribution is -2.16. The van der Waals surface area contributed by atoms with Crippen molar-refractivity contribution in [1.29, 1.82) is 0 Å². The van der Waals surface area contributed by atoms with Crippen LogP contribution >= 0.6 is 0 Å². The van der Waals surface area contributed by atoms with Gasteiger partial charge in [-0.3, -0.25) is 0 Å². The minimum absolute atomic E-state index is 0.0312. The van der Waals surface area contributed by atoms with E-state index in [1.807, 2.05) is 6.92 Å². The average Bonchev–Trinajstić information content (AvgIpc) is 2.15. The molecule has 0 spiro atoms. The third-order valence-electron chi connectivity index (χ3n) is 2.39. The maximum absolute atomic E-state index is 11.2. The van der Waals surface area contributed by atoms with Crippen LogP contribution in [0.25, 0.3) is 0 Å². The van der Waals surface area contributed by atoms with E-state index in [9.17, 15) is 8.42 Å². The van der Waals surface area contributed by atoms with Crippen molar-refractivity contribution in [2.45, 2.75) is 37.6 Å². The van der Waals surface area contributed by atoms with E-state index in [-0.39, 0.29) is 10.9 Å². The van der Waals surface area contributed by atoms with Crippen LogP contribution in [0.3, 0.4) is 0 Å². The summed E-state index contributed by atoms with van der Waals surface area (Å²) in [6, 6.07) is 4.80. The molecular formula is C11H19N3O2S. The number of hydrogen-bond acceptors (Lipinski definition) is 4. The summed E-state index contributed by atoms with van der Waals surface area (Å²) in [5, 5.41) is 8.27. The highest BCUT2D eigenvalue weighted by molar-refractivity contribution is 7.89. The van der Waals surface area contributed by atoms with Gasteiger partial charge in [0, 0.05) is 17.4 Å². The van der Waals surface area contributed by atoms with Crippen LogP contribution in [0.1, 0.15) is 26.7 Å². The molecule has 0 aliphatic heterocycles. The van der Waals surface area contributed by atoms with Gasteiger partial charge in [0.1, 0.15) is 0 Å². The maximum atomic E-state index is 11.2. The predicted molar refractivity (Wildman–Crippen MR) is 70.2 cm³/mol. The quantitative estimate of drug-likeness (QED) is 0.696. The second-order valence-corrected chi connectivity index (χ2v) is 5.73. The summed E-state index contributed by atoms with van der Waals surface area (Å²) in [5.74, 6) is 0. The molecule has 0 bridgehead atoms. The first-order valence-electron chi connectivity index (χ1n) is 5.53. The molecule has 0 aromatic heterocycles. The largest absolute Gasteiger partial charge is 0.399 e. The Morgan fingerprint density at radius 1 is 1.35 bits per heavy atom. The molecule has 0 amide bonds. The molecule has 1 rings (SSSR count). The molecule has 1 aromatic carbocycles. The van der Waals surface area contributed by atoms with Gasteiger partial charge >= 0.3 is 0 Å². The van der Waals surface area contributed by atoms with E-state index in [2.05, 4.69) is 12.2 Å². The van der Waals surface area contributed by atoms with Crippen molar-refractivity contribution in [3.8, 4) is 0 Å². The lowest BCUT2D eigenvalue weighted by atomic mass is 10.2. The highest BCUT2D eigenvalue weighted by atomic mass is 32.2. The van der Waals surface area contributed by atoms with E-state index >= 15 is 0 Å². The molecule has 0 saturated heterocycles. The summed E-state index contributed by atoms with van der Waals surface area (Å²) in [6.45, 7) is 4.12. The van der Waals surface area contributed by atoms with Crippen LogP contribution in [-0.2, 0) is 10.0 Å². The number of benzene rings is 1. The van der Waals surface area contributed by atoms with E-state index in [1.54, 1.807) is 6.07 Å². The normalized spacial score (nSPS) is 13.4. The molecule has 6 heteroatoms. The number of primary sulfonamides is 1. The van der Waals surface area contributed by atoms with Crippen LogP contribution in [0.5, 0.6) is 0 Å². The number of nitrogens with one attached hydrogen (secondary N) is 1. The van der Waals surface area contributed by atoms with E-state index < -0.39 is 10.0 Å². The van der Waals surface area contributed by atoms with Gasteiger partial charge in [0.2, 0.25) is 10.0 Å². The Hall–Kier alpha value is -1.27. The van der Waals surface area contributed by atoms with Crippen LogP contribution in [0.2, 0.25) is 0 Å². The Balaban J connectivity index is 2.98. The molecular weight excluding hydrogens is 238 g/mol. The van der Waals surface area contributed by atoms with Crippen LogP contribution in [0.15, 0.2) is 23.1 Å². The molecule has 0 heterocycles. The zero-order valence-electron chi connectivity index (χ0n) is 10.1. The van der Waals surface area contributed by atoms with Gasteiger partial charge in [-0.1, -0.05) is 13.3 Å². The van der Waals surface area contributed by atoms with Crippen molar-refractivity contribution >= 4 is 21.4 Å². The fourth-order valence-corrected chi connectivity index (χ4v) is 2.25. The molecule has 1 atom stereocenters. The molecule has 5 nitrogen and oxygen atoms in total. The van der Waals surface area contributed by atoms with Gasteiger partial charge in [-0.25, -0.2) is 13.6 Å². The van der Waals surface area contributed by atoms with Crippen LogP contribution < -0.4 is 16.2 Å². The minimum atomic E-state index is -3.72. The lowest BCUT2D eigenvalue weighted by molar-refractivity contribution is 0.598. The number of nitrogens with two attached hydrogens (primary N) is 2. The van der Waals surface area contributed by atoms with Gasteiger partial charge in [-0.05, 0) is 31.5 Å². The summed E-state index contributed by atoms with van der Waals surface area (Å²) >= 11 is 0. The maximum Gasteiger partial charge on any atom is 0.238 e. The molecule has 5 N–H and O–H groups in total. The summed E-state index contributed by atoms with van der Waals surface area (Å²) in [4.78, 5) is 0.0312. The van der Waals surface area contributed by atoms with Crippen molar-refractivity contribution in [3.63, 3.8) is 0 Å². The van der Waals surface area contributed by atoms with E-state index in [4.69, 9.17) is 10.9 Å². The summed E-state index contributed by atoms with van der Waals surface area (Å²) < 4.78 is 22.5. The first-order chi connectivity index (χ1) is 7.82. The van der Waals surface area contributed by atoms with Crippen molar-refractivity contribution in [2.24, 2.45) is 5.14 Å². The van der Waals surface area contributed by atoms with Gasteiger partial charge in [-0.2, -0.15) is 0 Å². The predicted octanol–water partition coefficient (Wildman–Crippen LogP) is 1.52. The fraction of sp³-hybridized carbons (Fsp3) is 0.455. The zero-order valence-corrected chi connectivity index (χ0v) is 10.9. The second-order valence-electron chi connectivity index (χ2n) is 4.17. The van der Waals surface area contributed by atoms with Crippen LogP contribution in [-0.4, -0.2) is 14.5 Å². The van der Waals surface area contributed by atoms with Gasteiger partial charge in [0.25, 0.3) is 0 Å². The molecule has 1 unspecified atom stereocenters. The zero-order chi connectivity index (χ0) is 13.1. The summed E-state index contributed by atoms with van der Waals surface area (Å²) in [6.07, 6.45) is 2.05. The Bertz CT molecular complexity index is 485. The van der Waals surface area contributed by atoms with E-state index in [1.165, 1.54) is 12.1 Å². The molecule has 0 fully saturated rings. The summed E-state index contributed by atoms with van der Waals surface area (Å²) in [5.41, 5.74) is 6.70. The summed E-state index contributed by atoms with van der Waals surface area (Å²) in [7, 11) is -3.72. The van der Waals surface area contributed by atoms with Gasteiger partial charge in [0.05, 0.1) is 4.90 Å². The smallest absolute Gasteiger partial charge is 0.238 e. The number of hydrogen-bond donors (Lipinski definition) is 3. The standard InChI is InChI=1S/C11H19N3O2S/c1-3-4-8(2)14-10-5-9(12)6-11(7-10)17(13,15)16/h5-8,14H,3-4,12H2,1-2H3,(H2,13,15,16). The molecule has 1 aromatic rings. The molecule has 17 heavy (non-hydrogen) atoms. The highest BCUT2D eigenvalue weighted by Crippen LogP contribution is 2.20. The van der Waals surface area contributed by atoms with Crippen molar-refractivity contribution in [3.05, 3.63) is 18.2 Å². The SMILES string of the molecule is CCCC(C)Nc1cc(N)cc(S(N)(=O)=O)c1. The number of nitrogen functional groups attached to an aromatic ring is 1. The van der Waals surface area contributed by atoms with Crippen LogP contribution in [0.4, 0.5) is 11.4 Å². The van der Waals surface area contributed by atoms with Crippen molar-refractivity contribution in [1.82, 2.24) is 0 Å². The van der Waals surface area contributed by atoms with Crippen LogP contribution in [0, 0.1) is 0 Å². The minimum Gasteiger partial charge on any atom is -0.399 e. The first kappa shape index (κ1) is 13.8.